The number of nitrogens with one attached hydrogen (secondary N) is 1. The van der Waals surface area contributed by atoms with E-state index in [9.17, 15) is 5.11 Å². The lowest BCUT2D eigenvalue weighted by Crippen LogP contribution is -2.14. The number of hydrogen-bond acceptors (Lipinski definition) is 3. The maximum atomic E-state index is 9.44. The van der Waals surface area contributed by atoms with Gasteiger partial charge in [0.2, 0.25) is 0 Å². The molecule has 21 heavy (non-hydrogen) atoms. The van der Waals surface area contributed by atoms with E-state index in [1.165, 1.54) is 0 Å². The Bertz CT molecular complexity index is 736. The predicted octanol–water partition coefficient (Wildman–Crippen LogP) is 3.34. The Labute approximate surface area is 127 Å². The third kappa shape index (κ3) is 2.76. The van der Waals surface area contributed by atoms with E-state index in [0.717, 1.165) is 28.4 Å². The average Bonchev–Trinajstić information content (AvgIpc) is 2.67. The second-order valence-electron chi connectivity index (χ2n) is 4.70. The molecule has 0 radical (unpaired) electrons. The first-order valence-electron chi connectivity index (χ1n) is 6.54. The minimum absolute atomic E-state index is 0.230. The van der Waals surface area contributed by atoms with Gasteiger partial charge in [0.25, 0.3) is 0 Å². The smallest absolute Gasteiger partial charge is 0.122 e. The van der Waals surface area contributed by atoms with E-state index in [1.807, 2.05) is 30.3 Å². The summed E-state index contributed by atoms with van der Waals surface area (Å²) in [6, 6.07) is 12.6. The number of anilines is 1. The Kier molecular flexibility index (Phi) is 3.62. The maximum Gasteiger partial charge on any atom is 0.122 e. The molecule has 0 atom stereocenters. The van der Waals surface area contributed by atoms with Crippen molar-refractivity contribution >= 4 is 28.8 Å². The lowest BCUT2D eigenvalue weighted by molar-refractivity contribution is 0.475. The standard InChI is InChI=1S/C16H14ClN3O/c1-18-15-9-19-16(10-2-5-12(21)6-3-10)13-8-11(17)4-7-14(13)20-15/h2-8,21H,9H2,1H3,(H,18,20). The number of phenolic OH excluding ortho intramolecular Hbond substituents is 1. The molecule has 0 saturated carbocycles. The molecule has 1 aliphatic rings. The summed E-state index contributed by atoms with van der Waals surface area (Å²) in [6.07, 6.45) is 0. The number of benzene rings is 2. The third-order valence-corrected chi connectivity index (χ3v) is 3.55. The number of hydrogen-bond donors (Lipinski definition) is 2. The van der Waals surface area contributed by atoms with E-state index in [4.69, 9.17) is 11.6 Å². The first-order chi connectivity index (χ1) is 10.2. The van der Waals surface area contributed by atoms with Crippen LogP contribution in [0.25, 0.3) is 0 Å². The van der Waals surface area contributed by atoms with Gasteiger partial charge in [0.05, 0.1) is 12.3 Å². The molecule has 3 rings (SSSR count). The van der Waals surface area contributed by atoms with E-state index in [1.54, 1.807) is 19.2 Å². The van der Waals surface area contributed by atoms with Crippen LogP contribution in [-0.2, 0) is 0 Å². The number of halogens is 1. The van der Waals surface area contributed by atoms with E-state index >= 15 is 0 Å². The van der Waals surface area contributed by atoms with Crippen molar-refractivity contribution in [2.45, 2.75) is 0 Å². The largest absolute Gasteiger partial charge is 0.508 e. The van der Waals surface area contributed by atoms with Crippen LogP contribution in [0.4, 0.5) is 5.69 Å². The second-order valence-corrected chi connectivity index (χ2v) is 5.13. The summed E-state index contributed by atoms with van der Waals surface area (Å²) in [7, 11) is 1.74. The molecule has 4 nitrogen and oxygen atoms in total. The molecule has 0 fully saturated rings. The van der Waals surface area contributed by atoms with Gasteiger partial charge in [0.15, 0.2) is 0 Å². The van der Waals surface area contributed by atoms with Crippen molar-refractivity contribution in [3.8, 4) is 5.75 Å². The summed E-state index contributed by atoms with van der Waals surface area (Å²) in [5.74, 6) is 1.03. The first kappa shape index (κ1) is 13.6. The molecule has 2 aromatic rings. The Hall–Kier alpha value is -2.33. The molecule has 2 N–H and O–H groups in total. The molecule has 0 amide bonds. The highest BCUT2D eigenvalue weighted by Gasteiger charge is 2.17. The minimum atomic E-state index is 0.230. The number of amidine groups is 1. The highest BCUT2D eigenvalue weighted by Crippen LogP contribution is 2.26. The number of phenols is 1. The third-order valence-electron chi connectivity index (χ3n) is 3.31. The first-order valence-corrected chi connectivity index (χ1v) is 6.91. The van der Waals surface area contributed by atoms with Gasteiger partial charge >= 0.3 is 0 Å². The average molecular weight is 300 g/mol. The van der Waals surface area contributed by atoms with Crippen LogP contribution in [0.15, 0.2) is 52.4 Å². The van der Waals surface area contributed by atoms with E-state index in [2.05, 4.69) is 15.3 Å². The van der Waals surface area contributed by atoms with Crippen molar-refractivity contribution in [1.82, 2.24) is 0 Å². The van der Waals surface area contributed by atoms with Crippen LogP contribution in [0.1, 0.15) is 11.1 Å². The zero-order chi connectivity index (χ0) is 14.8. The van der Waals surface area contributed by atoms with Gasteiger partial charge in [-0.2, -0.15) is 0 Å². The number of aliphatic imine (C=N–C) groups is 2. The SMILES string of the molecule is CN=C1CN=C(c2ccc(O)cc2)c2cc(Cl)ccc2N1. The van der Waals surface area contributed by atoms with Crippen LogP contribution < -0.4 is 5.32 Å². The van der Waals surface area contributed by atoms with Crippen LogP contribution in [0.5, 0.6) is 5.75 Å². The monoisotopic (exact) mass is 299 g/mol. The number of benzodiazepines with no additional fused rings is 1. The molecule has 5 heteroatoms. The van der Waals surface area contributed by atoms with Gasteiger partial charge in [0, 0.05) is 28.9 Å². The van der Waals surface area contributed by atoms with Gasteiger partial charge in [-0.3, -0.25) is 9.98 Å². The topological polar surface area (TPSA) is 57.0 Å². The van der Waals surface area contributed by atoms with Crippen molar-refractivity contribution < 1.29 is 5.11 Å². The Morgan fingerprint density at radius 2 is 1.95 bits per heavy atom. The summed E-state index contributed by atoms with van der Waals surface area (Å²) in [5, 5.41) is 13.4. The highest BCUT2D eigenvalue weighted by atomic mass is 35.5. The lowest BCUT2D eigenvalue weighted by Gasteiger charge is -2.11. The molecular formula is C16H14ClN3O. The molecule has 0 bridgehead atoms. The summed E-state index contributed by atoms with van der Waals surface area (Å²) in [6.45, 7) is 0.471. The minimum Gasteiger partial charge on any atom is -0.508 e. The maximum absolute atomic E-state index is 9.44. The molecule has 0 aromatic heterocycles. The number of fused-ring (bicyclic) bond motifs is 1. The predicted molar refractivity (Wildman–Crippen MR) is 87.0 cm³/mol. The van der Waals surface area contributed by atoms with Gasteiger partial charge in [-0.25, -0.2) is 0 Å². The highest BCUT2D eigenvalue weighted by molar-refractivity contribution is 6.32. The van der Waals surface area contributed by atoms with Gasteiger partial charge in [-0.15, -0.1) is 0 Å². The molecule has 1 aliphatic heterocycles. The molecule has 0 aliphatic carbocycles. The van der Waals surface area contributed by atoms with Gasteiger partial charge in [-0.05, 0) is 42.5 Å². The molecule has 106 valence electrons. The molecule has 1 heterocycles. The second kappa shape index (κ2) is 5.58. The van der Waals surface area contributed by atoms with Crippen LogP contribution in [0.3, 0.4) is 0 Å². The number of aromatic hydroxyl groups is 1. The lowest BCUT2D eigenvalue weighted by atomic mass is 10.0. The van der Waals surface area contributed by atoms with Crippen LogP contribution >= 0.6 is 11.6 Å². The number of rotatable bonds is 1. The normalized spacial score (nSPS) is 15.9. The summed E-state index contributed by atoms with van der Waals surface area (Å²) in [4.78, 5) is 8.84. The summed E-state index contributed by atoms with van der Waals surface area (Å²) >= 11 is 6.13. The van der Waals surface area contributed by atoms with Crippen molar-refractivity contribution in [1.29, 1.82) is 0 Å². The van der Waals surface area contributed by atoms with Crippen LogP contribution in [0, 0.1) is 0 Å². The van der Waals surface area contributed by atoms with Crippen molar-refractivity contribution in [3.63, 3.8) is 0 Å². The van der Waals surface area contributed by atoms with Crippen molar-refractivity contribution in [2.24, 2.45) is 9.98 Å². The van der Waals surface area contributed by atoms with Gasteiger partial charge in [-0.1, -0.05) is 11.6 Å². The van der Waals surface area contributed by atoms with Gasteiger partial charge in [0.1, 0.15) is 11.6 Å². The van der Waals surface area contributed by atoms with Crippen LogP contribution in [0.2, 0.25) is 5.02 Å². The fourth-order valence-corrected chi connectivity index (χ4v) is 2.42. The van der Waals surface area contributed by atoms with Gasteiger partial charge < -0.3 is 10.4 Å². The molecule has 0 unspecified atom stereocenters. The Balaban J connectivity index is 2.17. The van der Waals surface area contributed by atoms with E-state index in [-0.39, 0.29) is 5.75 Å². The zero-order valence-electron chi connectivity index (χ0n) is 11.5. The molecule has 2 aromatic carbocycles. The Morgan fingerprint density at radius 3 is 2.67 bits per heavy atom. The quantitative estimate of drug-likeness (QED) is 0.848. The summed E-state index contributed by atoms with van der Waals surface area (Å²) < 4.78 is 0. The fourth-order valence-electron chi connectivity index (χ4n) is 2.25. The number of nitrogens with zero attached hydrogens (tertiary/aromatic N) is 2. The van der Waals surface area contributed by atoms with Crippen LogP contribution in [-0.4, -0.2) is 30.2 Å². The van der Waals surface area contributed by atoms with Crippen molar-refractivity contribution in [3.05, 3.63) is 58.6 Å². The molecule has 0 saturated heterocycles. The zero-order valence-corrected chi connectivity index (χ0v) is 12.2. The Morgan fingerprint density at radius 1 is 1.19 bits per heavy atom. The summed E-state index contributed by atoms with van der Waals surface area (Å²) in [5.41, 5.74) is 3.60. The molecule has 0 spiro atoms. The fraction of sp³-hybridized carbons (Fsp3) is 0.125. The van der Waals surface area contributed by atoms with Crippen molar-refractivity contribution in [2.75, 3.05) is 18.9 Å². The molecular weight excluding hydrogens is 286 g/mol. The van der Waals surface area contributed by atoms with E-state index < -0.39 is 0 Å². The van der Waals surface area contributed by atoms with E-state index in [0.29, 0.717) is 11.6 Å².